The van der Waals surface area contributed by atoms with Crippen molar-refractivity contribution in [1.82, 2.24) is 0 Å². The van der Waals surface area contributed by atoms with E-state index in [1.807, 2.05) is 12.1 Å². The Kier molecular flexibility index (Phi) is 3.50. The Morgan fingerprint density at radius 3 is 3.10 bits per heavy atom. The Balaban J connectivity index is 1.89. The summed E-state index contributed by atoms with van der Waals surface area (Å²) < 4.78 is 5.45. The first kappa shape index (κ1) is 13.2. The van der Waals surface area contributed by atoms with Crippen LogP contribution in [0.25, 0.3) is 0 Å². The second-order valence-electron chi connectivity index (χ2n) is 5.24. The number of amides is 1. The molecule has 2 heterocycles. The minimum Gasteiger partial charge on any atom is -0.397 e. The maximum atomic E-state index is 11.5. The molecule has 2 aliphatic heterocycles. The molecule has 6 nitrogen and oxygen atoms in total. The molecule has 0 saturated carbocycles. The van der Waals surface area contributed by atoms with E-state index in [-0.39, 0.29) is 18.6 Å². The number of nitrogens with one attached hydrogen (secondary N) is 1. The van der Waals surface area contributed by atoms with Crippen molar-refractivity contribution in [3.63, 3.8) is 0 Å². The number of aryl methyl sites for hydroxylation is 1. The first-order valence-corrected chi connectivity index (χ1v) is 6.87. The zero-order valence-corrected chi connectivity index (χ0v) is 11.3. The first-order chi connectivity index (χ1) is 9.67. The van der Waals surface area contributed by atoms with E-state index < -0.39 is 0 Å². The van der Waals surface area contributed by atoms with Crippen LogP contribution in [0.15, 0.2) is 12.1 Å². The van der Waals surface area contributed by atoms with E-state index in [0.717, 1.165) is 29.9 Å². The number of hydrogen-bond acceptors (Lipinski definition) is 5. The van der Waals surface area contributed by atoms with Crippen LogP contribution in [0.2, 0.25) is 0 Å². The Labute approximate surface area is 117 Å². The molecule has 1 fully saturated rings. The number of anilines is 3. The lowest BCUT2D eigenvalue weighted by Gasteiger charge is -2.35. The Morgan fingerprint density at radius 1 is 1.45 bits per heavy atom. The fraction of sp³-hybridized carbons (Fsp3) is 0.500. The number of nitrogen functional groups attached to an aromatic ring is 1. The van der Waals surface area contributed by atoms with E-state index in [0.29, 0.717) is 25.3 Å². The molecule has 1 aromatic carbocycles. The molecule has 3 rings (SSSR count). The molecule has 108 valence electrons. The van der Waals surface area contributed by atoms with Crippen LogP contribution >= 0.6 is 0 Å². The zero-order chi connectivity index (χ0) is 14.1. The lowest BCUT2D eigenvalue weighted by molar-refractivity contribution is -0.116. The molecule has 1 atom stereocenters. The van der Waals surface area contributed by atoms with Crippen molar-refractivity contribution in [2.24, 2.45) is 0 Å². The second-order valence-corrected chi connectivity index (χ2v) is 5.24. The maximum Gasteiger partial charge on any atom is 0.224 e. The largest absolute Gasteiger partial charge is 0.397 e. The predicted octanol–water partition coefficient (Wildman–Crippen LogP) is 0.351. The van der Waals surface area contributed by atoms with Crippen LogP contribution in [-0.2, 0) is 16.0 Å². The van der Waals surface area contributed by atoms with Gasteiger partial charge < -0.3 is 25.8 Å². The van der Waals surface area contributed by atoms with Crippen LogP contribution in [0.3, 0.4) is 0 Å². The summed E-state index contributed by atoms with van der Waals surface area (Å²) in [6.07, 6.45) is 1.05. The molecule has 4 N–H and O–H groups in total. The molecule has 2 aliphatic rings. The predicted molar refractivity (Wildman–Crippen MR) is 76.8 cm³/mol. The van der Waals surface area contributed by atoms with E-state index in [1.54, 1.807) is 0 Å². The lowest BCUT2D eigenvalue weighted by Crippen LogP contribution is -2.44. The fourth-order valence-electron chi connectivity index (χ4n) is 2.76. The average molecular weight is 277 g/mol. The number of fused-ring (bicyclic) bond motifs is 1. The summed E-state index contributed by atoms with van der Waals surface area (Å²) in [5.74, 6) is 0.0448. The molecule has 1 amide bonds. The van der Waals surface area contributed by atoms with Crippen LogP contribution < -0.4 is 16.0 Å². The quantitative estimate of drug-likeness (QED) is 0.679. The third-order valence-electron chi connectivity index (χ3n) is 3.83. The van der Waals surface area contributed by atoms with Crippen LogP contribution in [0.4, 0.5) is 17.1 Å². The Hall–Kier alpha value is -1.79. The summed E-state index contributed by atoms with van der Waals surface area (Å²) in [4.78, 5) is 13.6. The number of aliphatic hydroxyl groups excluding tert-OH is 1. The second kappa shape index (κ2) is 5.30. The maximum absolute atomic E-state index is 11.5. The highest BCUT2D eigenvalue weighted by Gasteiger charge is 2.23. The normalized spacial score (nSPS) is 22.4. The summed E-state index contributed by atoms with van der Waals surface area (Å²) >= 11 is 0. The van der Waals surface area contributed by atoms with Gasteiger partial charge in [0.15, 0.2) is 0 Å². The standard InChI is InChI=1S/C14H19N3O3/c15-11-5-9-1-2-14(19)16-12(9)6-13(11)17-3-4-20-10(7-17)8-18/h5-6,10,18H,1-4,7-8,15H2,(H,16,19). The van der Waals surface area contributed by atoms with Gasteiger partial charge in [0, 0.05) is 25.2 Å². The summed E-state index contributed by atoms with van der Waals surface area (Å²) in [6, 6.07) is 3.87. The zero-order valence-electron chi connectivity index (χ0n) is 11.3. The molecule has 0 bridgehead atoms. The molecular formula is C14H19N3O3. The number of ether oxygens (including phenoxy) is 1. The summed E-state index contributed by atoms with van der Waals surface area (Å²) in [7, 11) is 0. The highest BCUT2D eigenvalue weighted by molar-refractivity contribution is 5.95. The van der Waals surface area contributed by atoms with Crippen molar-refractivity contribution in [2.75, 3.05) is 42.3 Å². The molecule has 20 heavy (non-hydrogen) atoms. The van der Waals surface area contributed by atoms with Crippen molar-refractivity contribution in [3.05, 3.63) is 17.7 Å². The smallest absolute Gasteiger partial charge is 0.224 e. The number of benzene rings is 1. The molecule has 6 heteroatoms. The SMILES string of the molecule is Nc1cc2c(cc1N1CCOC(CO)C1)NC(=O)CC2. The van der Waals surface area contributed by atoms with E-state index in [4.69, 9.17) is 10.5 Å². The highest BCUT2D eigenvalue weighted by atomic mass is 16.5. The molecule has 0 radical (unpaired) electrons. The van der Waals surface area contributed by atoms with Crippen LogP contribution in [0.5, 0.6) is 0 Å². The molecule has 0 aromatic heterocycles. The van der Waals surface area contributed by atoms with E-state index in [1.165, 1.54) is 0 Å². The van der Waals surface area contributed by atoms with Crippen LogP contribution in [0, 0.1) is 0 Å². The van der Waals surface area contributed by atoms with E-state index >= 15 is 0 Å². The molecule has 0 aliphatic carbocycles. The van der Waals surface area contributed by atoms with Gasteiger partial charge in [-0.15, -0.1) is 0 Å². The summed E-state index contributed by atoms with van der Waals surface area (Å²) in [6.45, 7) is 1.90. The van der Waals surface area contributed by atoms with Gasteiger partial charge in [-0.05, 0) is 24.1 Å². The highest BCUT2D eigenvalue weighted by Crippen LogP contribution is 2.34. The van der Waals surface area contributed by atoms with Gasteiger partial charge in [-0.3, -0.25) is 4.79 Å². The van der Waals surface area contributed by atoms with Crippen molar-refractivity contribution in [2.45, 2.75) is 18.9 Å². The van der Waals surface area contributed by atoms with Crippen molar-refractivity contribution in [1.29, 1.82) is 0 Å². The summed E-state index contributed by atoms with van der Waals surface area (Å²) in [5, 5.41) is 12.1. The van der Waals surface area contributed by atoms with E-state index in [2.05, 4.69) is 10.2 Å². The van der Waals surface area contributed by atoms with Crippen molar-refractivity contribution < 1.29 is 14.6 Å². The topological polar surface area (TPSA) is 87.8 Å². The monoisotopic (exact) mass is 277 g/mol. The van der Waals surface area contributed by atoms with Gasteiger partial charge in [-0.1, -0.05) is 0 Å². The number of carbonyl (C=O) groups is 1. The molecular weight excluding hydrogens is 258 g/mol. The number of morpholine rings is 1. The third-order valence-corrected chi connectivity index (χ3v) is 3.83. The number of nitrogens with zero attached hydrogens (tertiary/aromatic N) is 1. The van der Waals surface area contributed by atoms with Crippen molar-refractivity contribution >= 4 is 23.0 Å². The van der Waals surface area contributed by atoms with Crippen LogP contribution in [-0.4, -0.2) is 43.4 Å². The molecule has 1 saturated heterocycles. The molecule has 1 unspecified atom stereocenters. The van der Waals surface area contributed by atoms with Gasteiger partial charge in [0.2, 0.25) is 5.91 Å². The lowest BCUT2D eigenvalue weighted by atomic mass is 10.0. The fourth-order valence-corrected chi connectivity index (χ4v) is 2.76. The van der Waals surface area contributed by atoms with E-state index in [9.17, 15) is 9.90 Å². The number of aliphatic hydroxyl groups is 1. The molecule has 0 spiro atoms. The molecule has 1 aromatic rings. The summed E-state index contributed by atoms with van der Waals surface area (Å²) in [5.41, 5.74) is 9.67. The minimum absolute atomic E-state index is 0.00190. The van der Waals surface area contributed by atoms with Gasteiger partial charge in [0.25, 0.3) is 0 Å². The van der Waals surface area contributed by atoms with Gasteiger partial charge in [0.1, 0.15) is 0 Å². The van der Waals surface area contributed by atoms with Crippen molar-refractivity contribution in [3.8, 4) is 0 Å². The number of nitrogens with two attached hydrogens (primary N) is 1. The van der Waals surface area contributed by atoms with Gasteiger partial charge in [-0.25, -0.2) is 0 Å². The number of rotatable bonds is 2. The first-order valence-electron chi connectivity index (χ1n) is 6.87. The minimum atomic E-state index is -0.186. The van der Waals surface area contributed by atoms with Gasteiger partial charge >= 0.3 is 0 Å². The number of carbonyl (C=O) groups excluding carboxylic acids is 1. The number of hydrogen-bond donors (Lipinski definition) is 3. The third kappa shape index (κ3) is 2.44. The van der Waals surface area contributed by atoms with Gasteiger partial charge in [-0.2, -0.15) is 0 Å². The Morgan fingerprint density at radius 2 is 2.30 bits per heavy atom. The average Bonchev–Trinajstić information content (AvgIpc) is 2.47. The Bertz CT molecular complexity index is 533. The van der Waals surface area contributed by atoms with Gasteiger partial charge in [0.05, 0.1) is 30.7 Å². The van der Waals surface area contributed by atoms with Crippen LogP contribution in [0.1, 0.15) is 12.0 Å².